The maximum atomic E-state index is 6.11. The molecule has 88 valence electrons. The van der Waals surface area contributed by atoms with Crippen LogP contribution in [0.4, 0.5) is 0 Å². The molecule has 1 aromatic heterocycles. The standard InChI is InChI=1S/C14H14ClNS/c1-17(2,3)10-9-12-8-7-11-5-4-6-13(15)14(11)16-12/h4-8H,1-3H3. The van der Waals surface area contributed by atoms with Gasteiger partial charge in [0.15, 0.2) is 0 Å². The van der Waals surface area contributed by atoms with Gasteiger partial charge in [0, 0.05) is 5.39 Å². The first kappa shape index (κ1) is 12.3. The molecule has 0 radical (unpaired) electrons. The van der Waals surface area contributed by atoms with Gasteiger partial charge in [0.1, 0.15) is 5.69 Å². The van der Waals surface area contributed by atoms with Gasteiger partial charge in [-0.3, -0.25) is 0 Å². The molecule has 17 heavy (non-hydrogen) atoms. The fourth-order valence-electron chi connectivity index (χ4n) is 1.39. The minimum atomic E-state index is -0.820. The smallest absolute Gasteiger partial charge is 0.114 e. The second-order valence-corrected chi connectivity index (χ2v) is 8.86. The third-order valence-electron chi connectivity index (χ3n) is 2.16. The van der Waals surface area contributed by atoms with Crippen molar-refractivity contribution >= 4 is 32.5 Å². The van der Waals surface area contributed by atoms with E-state index in [0.29, 0.717) is 5.02 Å². The molecule has 0 unspecified atom stereocenters. The number of fused-ring (bicyclic) bond motifs is 1. The second-order valence-electron chi connectivity index (χ2n) is 4.57. The topological polar surface area (TPSA) is 12.9 Å². The first-order valence-corrected chi connectivity index (χ1v) is 8.46. The molecule has 2 rings (SSSR count). The highest BCUT2D eigenvalue weighted by Gasteiger charge is 2.01. The van der Waals surface area contributed by atoms with Crippen LogP contribution in [0.3, 0.4) is 0 Å². The van der Waals surface area contributed by atoms with Crippen LogP contribution in [0.25, 0.3) is 10.9 Å². The van der Waals surface area contributed by atoms with Gasteiger partial charge in [-0.25, -0.2) is 4.98 Å². The average Bonchev–Trinajstić information content (AvgIpc) is 2.26. The Morgan fingerprint density at radius 3 is 2.59 bits per heavy atom. The number of pyridine rings is 1. The van der Waals surface area contributed by atoms with Crippen LogP contribution in [-0.4, -0.2) is 23.8 Å². The summed E-state index contributed by atoms with van der Waals surface area (Å²) in [6.45, 7) is 0. The van der Waals surface area contributed by atoms with E-state index in [1.165, 1.54) is 0 Å². The Kier molecular flexibility index (Phi) is 3.33. The molecule has 0 N–H and O–H groups in total. The van der Waals surface area contributed by atoms with E-state index < -0.39 is 10.0 Å². The molecule has 0 amide bonds. The number of benzene rings is 1. The van der Waals surface area contributed by atoms with Crippen LogP contribution in [0.1, 0.15) is 5.69 Å². The van der Waals surface area contributed by atoms with E-state index in [-0.39, 0.29) is 0 Å². The van der Waals surface area contributed by atoms with Crippen LogP contribution in [0.15, 0.2) is 30.3 Å². The number of halogens is 1. The Labute approximate surface area is 109 Å². The first-order valence-electron chi connectivity index (χ1n) is 5.22. The van der Waals surface area contributed by atoms with Crippen molar-refractivity contribution in [1.29, 1.82) is 0 Å². The minimum absolute atomic E-state index is 0.675. The molecule has 0 saturated heterocycles. The highest BCUT2D eigenvalue weighted by molar-refractivity contribution is 8.35. The van der Waals surface area contributed by atoms with Crippen molar-refractivity contribution in [3.05, 3.63) is 41.0 Å². The Morgan fingerprint density at radius 2 is 1.88 bits per heavy atom. The van der Waals surface area contributed by atoms with Gasteiger partial charge in [0.05, 0.1) is 10.5 Å². The maximum absolute atomic E-state index is 6.11. The van der Waals surface area contributed by atoms with Crippen LogP contribution in [0, 0.1) is 11.2 Å². The molecule has 3 heteroatoms. The van der Waals surface area contributed by atoms with E-state index >= 15 is 0 Å². The maximum Gasteiger partial charge on any atom is 0.114 e. The zero-order valence-electron chi connectivity index (χ0n) is 10.1. The SMILES string of the molecule is CS(C)(C)C#Cc1ccc2cccc(Cl)c2n1. The third-order valence-corrected chi connectivity index (χ3v) is 3.18. The van der Waals surface area contributed by atoms with E-state index in [4.69, 9.17) is 11.6 Å². The van der Waals surface area contributed by atoms with E-state index in [1.54, 1.807) is 0 Å². The molecule has 0 fully saturated rings. The molecule has 0 aliphatic rings. The van der Waals surface area contributed by atoms with E-state index in [2.05, 4.69) is 34.9 Å². The zero-order valence-corrected chi connectivity index (χ0v) is 11.7. The molecule has 0 spiro atoms. The molecule has 1 nitrogen and oxygen atoms in total. The number of para-hydroxylation sites is 1. The Morgan fingerprint density at radius 1 is 1.12 bits per heavy atom. The molecule has 1 aromatic carbocycles. The van der Waals surface area contributed by atoms with Gasteiger partial charge in [0.25, 0.3) is 0 Å². The highest BCUT2D eigenvalue weighted by atomic mass is 35.5. The van der Waals surface area contributed by atoms with Crippen molar-refractivity contribution in [1.82, 2.24) is 4.98 Å². The molecule has 2 aromatic rings. The summed E-state index contributed by atoms with van der Waals surface area (Å²) < 4.78 is 0. The average molecular weight is 264 g/mol. The number of hydrogen-bond donors (Lipinski definition) is 0. The summed E-state index contributed by atoms with van der Waals surface area (Å²) in [5.74, 6) is 3.12. The fraction of sp³-hybridized carbons (Fsp3) is 0.214. The monoisotopic (exact) mass is 263 g/mol. The van der Waals surface area contributed by atoms with Crippen molar-refractivity contribution in [2.45, 2.75) is 0 Å². The van der Waals surface area contributed by atoms with Gasteiger partial charge in [0.2, 0.25) is 0 Å². The number of nitrogens with zero attached hydrogens (tertiary/aromatic N) is 1. The summed E-state index contributed by atoms with van der Waals surface area (Å²) in [5, 5.41) is 4.97. The summed E-state index contributed by atoms with van der Waals surface area (Å²) in [7, 11) is -0.820. The number of aromatic nitrogens is 1. The molecule has 1 heterocycles. The summed E-state index contributed by atoms with van der Waals surface area (Å²) >= 11 is 6.11. The Hall–Kier alpha value is -1.17. The van der Waals surface area contributed by atoms with Crippen LogP contribution in [0.5, 0.6) is 0 Å². The van der Waals surface area contributed by atoms with Crippen LogP contribution >= 0.6 is 21.6 Å². The van der Waals surface area contributed by atoms with E-state index in [1.807, 2.05) is 30.3 Å². The largest absolute Gasteiger partial charge is 0.238 e. The van der Waals surface area contributed by atoms with Gasteiger partial charge >= 0.3 is 0 Å². The lowest BCUT2D eigenvalue weighted by molar-refractivity contribution is 1.36. The second kappa shape index (κ2) is 4.60. The Balaban J connectivity index is 2.51. The van der Waals surface area contributed by atoms with Crippen molar-refractivity contribution in [3.63, 3.8) is 0 Å². The van der Waals surface area contributed by atoms with Gasteiger partial charge < -0.3 is 0 Å². The molecule has 0 bridgehead atoms. The normalized spacial score (nSPS) is 12.0. The summed E-state index contributed by atoms with van der Waals surface area (Å²) in [6.07, 6.45) is 6.48. The molecular weight excluding hydrogens is 250 g/mol. The lowest BCUT2D eigenvalue weighted by Crippen LogP contribution is -1.88. The summed E-state index contributed by atoms with van der Waals surface area (Å²) in [5.41, 5.74) is 1.61. The summed E-state index contributed by atoms with van der Waals surface area (Å²) in [4.78, 5) is 4.49. The fourth-order valence-corrected chi connectivity index (χ4v) is 2.02. The number of rotatable bonds is 0. The third kappa shape index (κ3) is 3.15. The van der Waals surface area contributed by atoms with Crippen LogP contribution in [0.2, 0.25) is 5.02 Å². The highest BCUT2D eigenvalue weighted by Crippen LogP contribution is 2.32. The lowest BCUT2D eigenvalue weighted by Gasteiger charge is -2.14. The van der Waals surface area contributed by atoms with Crippen molar-refractivity contribution in [2.24, 2.45) is 0 Å². The molecule has 0 aliphatic heterocycles. The van der Waals surface area contributed by atoms with Crippen molar-refractivity contribution in [2.75, 3.05) is 18.8 Å². The quantitative estimate of drug-likeness (QED) is 0.657. The van der Waals surface area contributed by atoms with Crippen molar-refractivity contribution < 1.29 is 0 Å². The zero-order chi connectivity index (χ0) is 12.5. The van der Waals surface area contributed by atoms with Gasteiger partial charge in [-0.05, 0) is 48.1 Å². The van der Waals surface area contributed by atoms with Gasteiger partial charge in [-0.2, -0.15) is 10.0 Å². The minimum Gasteiger partial charge on any atom is -0.238 e. The predicted octanol–water partition coefficient (Wildman–Crippen LogP) is 3.89. The lowest BCUT2D eigenvalue weighted by atomic mass is 10.2. The summed E-state index contributed by atoms with van der Waals surface area (Å²) in [6, 6.07) is 9.73. The predicted molar refractivity (Wildman–Crippen MR) is 79.0 cm³/mol. The Bertz CT molecular complexity index is 617. The van der Waals surface area contributed by atoms with Crippen molar-refractivity contribution in [3.8, 4) is 11.2 Å². The van der Waals surface area contributed by atoms with E-state index in [0.717, 1.165) is 16.6 Å². The van der Waals surface area contributed by atoms with Crippen LogP contribution in [-0.2, 0) is 0 Å². The van der Waals surface area contributed by atoms with Gasteiger partial charge in [-0.1, -0.05) is 23.7 Å². The first-order chi connectivity index (χ1) is 7.96. The molecule has 0 saturated carbocycles. The molecule has 0 aliphatic carbocycles. The van der Waals surface area contributed by atoms with Crippen LogP contribution < -0.4 is 0 Å². The number of hydrogen-bond acceptors (Lipinski definition) is 1. The van der Waals surface area contributed by atoms with Gasteiger partial charge in [-0.15, -0.1) is 0 Å². The molecule has 0 atom stereocenters. The molecular formula is C14H14ClNS. The van der Waals surface area contributed by atoms with E-state index in [9.17, 15) is 0 Å².